The summed E-state index contributed by atoms with van der Waals surface area (Å²) < 4.78 is 0. The first kappa shape index (κ1) is 15.6. The lowest BCUT2D eigenvalue weighted by atomic mass is 10.1. The molecular weight excluding hydrogens is 326 g/mol. The number of hydrogen-bond donors (Lipinski definition) is 0. The lowest BCUT2D eigenvalue weighted by Gasteiger charge is -2.10. The van der Waals surface area contributed by atoms with Gasteiger partial charge in [-0.15, -0.1) is 0 Å². The van der Waals surface area contributed by atoms with E-state index < -0.39 is 0 Å². The molecule has 1 heterocycles. The second-order valence-corrected chi connectivity index (χ2v) is 6.66. The Balaban J connectivity index is 1.82. The third kappa shape index (κ3) is 3.32. The average molecular weight is 341 g/mol. The maximum absolute atomic E-state index is 12.7. The number of aromatic nitrogens is 1. The minimum atomic E-state index is 0.0230. The lowest BCUT2D eigenvalue weighted by molar-refractivity contribution is 0.108. The smallest absolute Gasteiger partial charge is 0.224 e. The van der Waals surface area contributed by atoms with Crippen molar-refractivity contribution in [1.29, 1.82) is 0 Å². The second kappa shape index (κ2) is 6.91. The van der Waals surface area contributed by atoms with Gasteiger partial charge < -0.3 is 0 Å². The molecule has 4 aromatic rings. The molecule has 0 fully saturated rings. The molecule has 0 aliphatic rings. The summed E-state index contributed by atoms with van der Waals surface area (Å²) in [7, 11) is 0. The van der Waals surface area contributed by atoms with E-state index in [2.05, 4.69) is 6.07 Å². The molecule has 25 heavy (non-hydrogen) atoms. The molecule has 3 aromatic carbocycles. The number of fused-ring (bicyclic) bond motifs is 1. The minimum absolute atomic E-state index is 0.0230. The average Bonchev–Trinajstić information content (AvgIpc) is 2.69. The monoisotopic (exact) mass is 341 g/mol. The van der Waals surface area contributed by atoms with Crippen molar-refractivity contribution in [1.82, 2.24) is 4.98 Å². The topological polar surface area (TPSA) is 30.0 Å². The summed E-state index contributed by atoms with van der Waals surface area (Å²) in [6, 6.07) is 29.4. The molecule has 0 saturated carbocycles. The number of pyridine rings is 1. The number of para-hydroxylation sites is 1. The highest BCUT2D eigenvalue weighted by Crippen LogP contribution is 2.34. The van der Waals surface area contributed by atoms with Gasteiger partial charge in [-0.2, -0.15) is 0 Å². The van der Waals surface area contributed by atoms with Crippen LogP contribution in [0, 0.1) is 0 Å². The molecule has 0 unspecified atom stereocenters. The molecular formula is C22H15NOS. The van der Waals surface area contributed by atoms with Crippen LogP contribution in [0.4, 0.5) is 0 Å². The third-order valence-corrected chi connectivity index (χ3v) is 4.90. The van der Waals surface area contributed by atoms with Gasteiger partial charge in [-0.25, -0.2) is 4.98 Å². The fourth-order valence-electron chi connectivity index (χ4n) is 2.71. The van der Waals surface area contributed by atoms with Gasteiger partial charge in [0.2, 0.25) is 5.12 Å². The molecule has 0 bridgehead atoms. The van der Waals surface area contributed by atoms with E-state index in [9.17, 15) is 4.79 Å². The standard InChI is InChI=1S/C22H15NOS/c24-22(17-11-5-2-6-12-17)25-20-15-18-13-7-8-14-19(18)23-21(20)16-9-3-1-4-10-16/h1-15H. The Morgan fingerprint density at radius 3 is 2.16 bits per heavy atom. The lowest BCUT2D eigenvalue weighted by Crippen LogP contribution is -1.96. The summed E-state index contributed by atoms with van der Waals surface area (Å²) in [5.74, 6) is 0. The SMILES string of the molecule is O=C(Sc1cc2ccccc2nc1-c1ccccc1)c1ccccc1. The van der Waals surface area contributed by atoms with Crippen LogP contribution in [0.5, 0.6) is 0 Å². The Kier molecular flexibility index (Phi) is 4.32. The zero-order chi connectivity index (χ0) is 17.1. The molecule has 0 aliphatic heterocycles. The van der Waals surface area contributed by atoms with Crippen LogP contribution in [-0.2, 0) is 0 Å². The molecule has 1 aromatic heterocycles. The Labute approximate surface area is 150 Å². The molecule has 0 spiro atoms. The fourth-order valence-corrected chi connectivity index (χ4v) is 3.61. The highest BCUT2D eigenvalue weighted by Gasteiger charge is 2.14. The number of carbonyl (C=O) groups excluding carboxylic acids is 1. The van der Waals surface area contributed by atoms with Crippen LogP contribution >= 0.6 is 11.8 Å². The van der Waals surface area contributed by atoms with E-state index in [1.165, 1.54) is 11.8 Å². The predicted octanol–water partition coefficient (Wildman–Crippen LogP) is 5.83. The molecule has 120 valence electrons. The van der Waals surface area contributed by atoms with E-state index in [0.29, 0.717) is 5.56 Å². The van der Waals surface area contributed by atoms with E-state index >= 15 is 0 Å². The van der Waals surface area contributed by atoms with Gasteiger partial charge in [-0.05, 0) is 23.9 Å². The van der Waals surface area contributed by atoms with Crippen molar-refractivity contribution >= 4 is 27.8 Å². The van der Waals surface area contributed by atoms with Crippen molar-refractivity contribution < 1.29 is 4.79 Å². The minimum Gasteiger partial charge on any atom is -0.281 e. The fraction of sp³-hybridized carbons (Fsp3) is 0. The zero-order valence-electron chi connectivity index (χ0n) is 13.4. The molecule has 2 nitrogen and oxygen atoms in total. The first-order valence-corrected chi connectivity index (χ1v) is 8.85. The second-order valence-electron chi connectivity index (χ2n) is 5.65. The van der Waals surface area contributed by atoms with Gasteiger partial charge in [0, 0.05) is 21.4 Å². The number of nitrogens with zero attached hydrogens (tertiary/aromatic N) is 1. The molecule has 3 heteroatoms. The van der Waals surface area contributed by atoms with Crippen LogP contribution in [0.25, 0.3) is 22.2 Å². The summed E-state index contributed by atoms with van der Waals surface area (Å²) in [5, 5.41) is 1.06. The number of rotatable bonds is 3. The van der Waals surface area contributed by atoms with Crippen molar-refractivity contribution in [2.24, 2.45) is 0 Å². The van der Waals surface area contributed by atoms with Gasteiger partial charge in [0.15, 0.2) is 0 Å². The first-order chi connectivity index (χ1) is 12.3. The van der Waals surface area contributed by atoms with Crippen molar-refractivity contribution in [3.63, 3.8) is 0 Å². The maximum Gasteiger partial charge on any atom is 0.224 e. The quantitative estimate of drug-likeness (QED) is 0.439. The van der Waals surface area contributed by atoms with Crippen LogP contribution in [0.1, 0.15) is 10.4 Å². The highest BCUT2D eigenvalue weighted by molar-refractivity contribution is 8.14. The summed E-state index contributed by atoms with van der Waals surface area (Å²) in [5.41, 5.74) is 3.47. The van der Waals surface area contributed by atoms with Crippen molar-refractivity contribution in [2.75, 3.05) is 0 Å². The molecule has 4 rings (SSSR count). The normalized spacial score (nSPS) is 10.7. The van der Waals surface area contributed by atoms with Crippen LogP contribution in [0.15, 0.2) is 95.9 Å². The van der Waals surface area contributed by atoms with Crippen LogP contribution in [0.2, 0.25) is 0 Å². The van der Waals surface area contributed by atoms with Crippen LogP contribution < -0.4 is 0 Å². The van der Waals surface area contributed by atoms with E-state index in [1.54, 1.807) is 0 Å². The highest BCUT2D eigenvalue weighted by atomic mass is 32.2. The number of hydrogen-bond acceptors (Lipinski definition) is 3. The van der Waals surface area contributed by atoms with E-state index in [0.717, 1.165) is 27.1 Å². The first-order valence-electron chi connectivity index (χ1n) is 8.04. The molecule has 0 radical (unpaired) electrons. The molecule has 0 N–H and O–H groups in total. The molecule has 0 atom stereocenters. The van der Waals surface area contributed by atoms with Crippen LogP contribution in [-0.4, -0.2) is 10.1 Å². The largest absolute Gasteiger partial charge is 0.281 e. The Morgan fingerprint density at radius 2 is 1.40 bits per heavy atom. The van der Waals surface area contributed by atoms with Gasteiger partial charge in [-0.1, -0.05) is 78.9 Å². The van der Waals surface area contributed by atoms with Gasteiger partial charge in [0.1, 0.15) is 0 Å². The van der Waals surface area contributed by atoms with Gasteiger partial charge in [-0.3, -0.25) is 4.79 Å². The summed E-state index contributed by atoms with van der Waals surface area (Å²) >= 11 is 1.23. The molecule has 0 saturated heterocycles. The van der Waals surface area contributed by atoms with E-state index in [1.807, 2.05) is 84.9 Å². The summed E-state index contributed by atoms with van der Waals surface area (Å²) in [6.45, 7) is 0. The maximum atomic E-state index is 12.7. The van der Waals surface area contributed by atoms with Gasteiger partial charge in [0.25, 0.3) is 0 Å². The zero-order valence-corrected chi connectivity index (χ0v) is 14.2. The number of thioether (sulfide) groups is 1. The molecule has 0 aliphatic carbocycles. The van der Waals surface area contributed by atoms with Crippen LogP contribution in [0.3, 0.4) is 0 Å². The Hall–Kier alpha value is -2.91. The third-order valence-electron chi connectivity index (χ3n) is 3.95. The summed E-state index contributed by atoms with van der Waals surface area (Å²) in [4.78, 5) is 18.4. The van der Waals surface area contributed by atoms with Crippen molar-refractivity contribution in [3.8, 4) is 11.3 Å². The Bertz CT molecular complexity index is 1030. The van der Waals surface area contributed by atoms with Crippen molar-refractivity contribution in [2.45, 2.75) is 4.90 Å². The Morgan fingerprint density at radius 1 is 0.760 bits per heavy atom. The van der Waals surface area contributed by atoms with Gasteiger partial charge >= 0.3 is 0 Å². The summed E-state index contributed by atoms with van der Waals surface area (Å²) in [6.07, 6.45) is 0. The predicted molar refractivity (Wildman–Crippen MR) is 104 cm³/mol. The van der Waals surface area contributed by atoms with Gasteiger partial charge in [0.05, 0.1) is 11.2 Å². The van der Waals surface area contributed by atoms with E-state index in [-0.39, 0.29) is 5.12 Å². The molecule has 0 amide bonds. The van der Waals surface area contributed by atoms with E-state index in [4.69, 9.17) is 4.98 Å². The number of carbonyl (C=O) groups is 1. The van der Waals surface area contributed by atoms with Crippen molar-refractivity contribution in [3.05, 3.63) is 96.6 Å². The number of benzene rings is 3.